The van der Waals surface area contributed by atoms with Crippen molar-refractivity contribution in [3.63, 3.8) is 0 Å². The molecule has 1 N–H and O–H groups in total. The Kier molecular flexibility index (Phi) is 6.53. The van der Waals surface area contributed by atoms with E-state index in [9.17, 15) is 4.79 Å². The molecular weight excluding hydrogens is 374 g/mol. The number of benzene rings is 2. The van der Waals surface area contributed by atoms with Gasteiger partial charge >= 0.3 is 0 Å². The Morgan fingerprint density at radius 3 is 2.37 bits per heavy atom. The third kappa shape index (κ3) is 4.70. The van der Waals surface area contributed by atoms with E-state index < -0.39 is 0 Å². The average molecular weight is 398 g/mol. The van der Waals surface area contributed by atoms with Gasteiger partial charge in [0.25, 0.3) is 5.91 Å². The van der Waals surface area contributed by atoms with Crippen molar-refractivity contribution in [2.45, 2.75) is 13.8 Å². The van der Waals surface area contributed by atoms with Crippen LogP contribution in [0.4, 0.5) is 11.4 Å². The van der Waals surface area contributed by atoms with Crippen molar-refractivity contribution in [2.24, 2.45) is 0 Å². The molecule has 0 atom stereocenters. The number of nitrogens with one attached hydrogen (secondary N) is 1. The molecule has 0 unspecified atom stereocenters. The summed E-state index contributed by atoms with van der Waals surface area (Å²) in [5.41, 5.74) is 3.15. The molecule has 2 aromatic rings. The van der Waals surface area contributed by atoms with Gasteiger partial charge in [-0.25, -0.2) is 0 Å². The molecule has 1 heterocycles. The maximum Gasteiger partial charge on any atom is 0.267 e. The van der Waals surface area contributed by atoms with Crippen LogP contribution in [0.15, 0.2) is 59.5 Å². The number of para-hydroxylation sites is 1. The molecule has 1 amide bonds. The first kappa shape index (κ1) is 19.5. The molecule has 1 saturated heterocycles. The lowest BCUT2D eigenvalue weighted by molar-refractivity contribution is -0.121. The second kappa shape index (κ2) is 9.06. The predicted molar refractivity (Wildman–Crippen MR) is 120 cm³/mol. The Balaban J connectivity index is 1.68. The van der Waals surface area contributed by atoms with Crippen LogP contribution in [0.5, 0.6) is 0 Å². The topological polar surface area (TPSA) is 35.6 Å². The highest BCUT2D eigenvalue weighted by atomic mass is 32.2. The van der Waals surface area contributed by atoms with Crippen LogP contribution < -0.4 is 10.2 Å². The largest absolute Gasteiger partial charge is 0.372 e. The molecule has 6 heteroatoms. The van der Waals surface area contributed by atoms with Gasteiger partial charge < -0.3 is 10.2 Å². The molecule has 2 aromatic carbocycles. The van der Waals surface area contributed by atoms with Gasteiger partial charge in [0, 0.05) is 24.5 Å². The highest BCUT2D eigenvalue weighted by Gasteiger charge is 2.31. The summed E-state index contributed by atoms with van der Waals surface area (Å²) >= 11 is 6.74. The van der Waals surface area contributed by atoms with E-state index in [-0.39, 0.29) is 5.91 Å². The number of amides is 1. The lowest BCUT2D eigenvalue weighted by Gasteiger charge is -2.20. The monoisotopic (exact) mass is 397 g/mol. The molecule has 3 rings (SSSR count). The van der Waals surface area contributed by atoms with Crippen molar-refractivity contribution in [3.8, 4) is 0 Å². The van der Waals surface area contributed by atoms with Crippen molar-refractivity contribution in [1.29, 1.82) is 0 Å². The van der Waals surface area contributed by atoms with Gasteiger partial charge in [-0.2, -0.15) is 0 Å². The molecular formula is C21H23N3OS2. The van der Waals surface area contributed by atoms with Crippen LogP contribution in [0.2, 0.25) is 0 Å². The molecule has 0 aliphatic carbocycles. The molecule has 0 aromatic heterocycles. The minimum Gasteiger partial charge on any atom is -0.372 e. The molecule has 0 saturated carbocycles. The van der Waals surface area contributed by atoms with Crippen molar-refractivity contribution in [1.82, 2.24) is 4.90 Å². The number of hydrogen-bond acceptors (Lipinski definition) is 5. The van der Waals surface area contributed by atoms with Crippen LogP contribution in [0.1, 0.15) is 19.4 Å². The summed E-state index contributed by atoms with van der Waals surface area (Å²) in [7, 11) is 0. The van der Waals surface area contributed by atoms with E-state index in [1.807, 2.05) is 48.5 Å². The van der Waals surface area contributed by atoms with E-state index in [1.165, 1.54) is 17.4 Å². The smallest absolute Gasteiger partial charge is 0.267 e. The van der Waals surface area contributed by atoms with Crippen molar-refractivity contribution < 1.29 is 4.79 Å². The molecule has 1 fully saturated rings. The van der Waals surface area contributed by atoms with Crippen LogP contribution in [0, 0.1) is 0 Å². The second-order valence-electron chi connectivity index (χ2n) is 6.07. The molecule has 0 spiro atoms. The fourth-order valence-corrected chi connectivity index (χ4v) is 4.14. The van der Waals surface area contributed by atoms with E-state index in [4.69, 9.17) is 12.2 Å². The lowest BCUT2D eigenvalue weighted by atomic mass is 10.1. The van der Waals surface area contributed by atoms with Gasteiger partial charge in [0.05, 0.1) is 11.6 Å². The van der Waals surface area contributed by atoms with Gasteiger partial charge in [-0.05, 0) is 49.8 Å². The number of thiocarbonyl (C=S) groups is 1. The van der Waals surface area contributed by atoms with Gasteiger partial charge in [0.2, 0.25) is 0 Å². The van der Waals surface area contributed by atoms with Crippen molar-refractivity contribution >= 4 is 51.7 Å². The maximum absolute atomic E-state index is 12.7. The van der Waals surface area contributed by atoms with Crippen LogP contribution >= 0.6 is 24.0 Å². The van der Waals surface area contributed by atoms with Gasteiger partial charge in [0.1, 0.15) is 4.32 Å². The number of carbonyl (C=O) groups is 1. The summed E-state index contributed by atoms with van der Waals surface area (Å²) in [4.78, 5) is 17.3. The maximum atomic E-state index is 12.7. The minimum atomic E-state index is -0.0544. The third-order valence-electron chi connectivity index (χ3n) is 4.41. The van der Waals surface area contributed by atoms with E-state index in [0.717, 1.165) is 24.3 Å². The summed E-state index contributed by atoms with van der Waals surface area (Å²) < 4.78 is 0.578. The van der Waals surface area contributed by atoms with Crippen LogP contribution in [-0.4, -0.2) is 34.9 Å². The summed E-state index contributed by atoms with van der Waals surface area (Å²) in [6, 6.07) is 18.1. The first-order valence-corrected chi connectivity index (χ1v) is 10.2. The SMILES string of the molecule is CCN(CC)c1ccc(/C=C2\SC(=S)N(CNc3ccccc3)C2=O)cc1. The van der Waals surface area contributed by atoms with E-state index >= 15 is 0 Å². The van der Waals surface area contributed by atoms with Gasteiger partial charge in [-0.1, -0.05) is 54.3 Å². The molecule has 1 aliphatic heterocycles. The van der Waals surface area contributed by atoms with Crippen LogP contribution in [0.25, 0.3) is 6.08 Å². The summed E-state index contributed by atoms with van der Waals surface area (Å²) in [6.07, 6.45) is 1.91. The molecule has 1 aliphatic rings. The van der Waals surface area contributed by atoms with E-state index in [1.54, 1.807) is 4.90 Å². The summed E-state index contributed by atoms with van der Waals surface area (Å²) in [6.45, 7) is 6.61. The highest BCUT2D eigenvalue weighted by Crippen LogP contribution is 2.32. The fourth-order valence-electron chi connectivity index (χ4n) is 2.88. The minimum absolute atomic E-state index is 0.0544. The number of hydrogen-bond donors (Lipinski definition) is 1. The van der Waals surface area contributed by atoms with Gasteiger partial charge in [-0.15, -0.1) is 0 Å². The predicted octanol–water partition coefficient (Wildman–Crippen LogP) is 4.80. The van der Waals surface area contributed by atoms with E-state index in [2.05, 4.69) is 36.2 Å². The Hall–Kier alpha value is -2.31. The second-order valence-corrected chi connectivity index (χ2v) is 7.75. The number of anilines is 2. The summed E-state index contributed by atoms with van der Waals surface area (Å²) in [5.74, 6) is -0.0544. The zero-order valence-corrected chi connectivity index (χ0v) is 17.1. The van der Waals surface area contributed by atoms with Crippen LogP contribution in [0.3, 0.4) is 0 Å². The molecule has 0 radical (unpaired) electrons. The zero-order chi connectivity index (χ0) is 19.2. The quantitative estimate of drug-likeness (QED) is 0.536. The lowest BCUT2D eigenvalue weighted by Crippen LogP contribution is -2.33. The summed E-state index contributed by atoms with van der Waals surface area (Å²) in [5, 5.41) is 3.24. The molecule has 140 valence electrons. The standard InChI is InChI=1S/C21H23N3OS2/c1-3-23(4-2)18-12-10-16(11-13-18)14-19-20(25)24(21(26)27-19)15-22-17-8-6-5-7-9-17/h5-14,22H,3-4,15H2,1-2H3/b19-14-. The Morgan fingerprint density at radius 1 is 1.07 bits per heavy atom. The first-order valence-electron chi connectivity index (χ1n) is 9.01. The Morgan fingerprint density at radius 2 is 1.74 bits per heavy atom. The fraction of sp³-hybridized carbons (Fsp3) is 0.238. The van der Waals surface area contributed by atoms with Gasteiger partial charge in [0.15, 0.2) is 0 Å². The van der Waals surface area contributed by atoms with E-state index in [0.29, 0.717) is 15.9 Å². The first-order chi connectivity index (χ1) is 13.1. The zero-order valence-electron chi connectivity index (χ0n) is 15.5. The Bertz CT molecular complexity index is 830. The Labute approximate surface area is 170 Å². The normalized spacial score (nSPS) is 15.5. The van der Waals surface area contributed by atoms with Crippen molar-refractivity contribution in [2.75, 3.05) is 30.0 Å². The number of nitrogens with zero attached hydrogens (tertiary/aromatic N) is 2. The number of rotatable bonds is 7. The number of thioether (sulfide) groups is 1. The molecule has 0 bridgehead atoms. The molecule has 27 heavy (non-hydrogen) atoms. The van der Waals surface area contributed by atoms with Crippen LogP contribution in [-0.2, 0) is 4.79 Å². The third-order valence-corrected chi connectivity index (χ3v) is 5.79. The molecule has 4 nitrogen and oxygen atoms in total. The highest BCUT2D eigenvalue weighted by molar-refractivity contribution is 8.26. The van der Waals surface area contributed by atoms with Gasteiger partial charge in [-0.3, -0.25) is 9.69 Å². The average Bonchev–Trinajstić information content (AvgIpc) is 2.96. The van der Waals surface area contributed by atoms with Crippen molar-refractivity contribution in [3.05, 3.63) is 65.1 Å². The number of carbonyl (C=O) groups excluding carboxylic acids is 1.